The molecule has 1 heterocycles. The topological polar surface area (TPSA) is 12.9 Å². The maximum absolute atomic E-state index is 4.09. The van der Waals surface area contributed by atoms with Crippen LogP contribution in [0, 0.1) is 6.92 Å². The number of hydrogen-bond donors (Lipinski definition) is 0. The summed E-state index contributed by atoms with van der Waals surface area (Å²) in [5.41, 5.74) is 2.66. The molecule has 60 valence electrons. The second-order valence-electron chi connectivity index (χ2n) is 2.79. The zero-order chi connectivity index (χ0) is 8.27. The van der Waals surface area contributed by atoms with E-state index in [0.29, 0.717) is 5.92 Å². The molecular formula is C9H12BrN. The van der Waals surface area contributed by atoms with Crippen LogP contribution in [0.3, 0.4) is 0 Å². The van der Waals surface area contributed by atoms with Crippen LogP contribution in [0.2, 0.25) is 0 Å². The molecule has 1 aromatic rings. The molecule has 0 aliphatic heterocycles. The van der Waals surface area contributed by atoms with Gasteiger partial charge in [0.05, 0.1) is 0 Å². The summed E-state index contributed by atoms with van der Waals surface area (Å²) in [4.78, 5) is 4.09. The van der Waals surface area contributed by atoms with Crippen LogP contribution < -0.4 is 0 Å². The van der Waals surface area contributed by atoms with Crippen molar-refractivity contribution in [2.24, 2.45) is 0 Å². The number of nitrogens with zero attached hydrogens (tertiary/aromatic N) is 1. The van der Waals surface area contributed by atoms with E-state index in [1.807, 2.05) is 12.4 Å². The van der Waals surface area contributed by atoms with Crippen LogP contribution in [-0.4, -0.2) is 10.3 Å². The van der Waals surface area contributed by atoms with Gasteiger partial charge in [-0.15, -0.1) is 0 Å². The highest BCUT2D eigenvalue weighted by Gasteiger charge is 2.05. The van der Waals surface area contributed by atoms with Gasteiger partial charge in [0.2, 0.25) is 0 Å². The second kappa shape index (κ2) is 3.86. The highest BCUT2D eigenvalue weighted by Crippen LogP contribution is 2.19. The van der Waals surface area contributed by atoms with Crippen molar-refractivity contribution in [2.75, 3.05) is 5.33 Å². The number of halogens is 1. The largest absolute Gasteiger partial charge is 0.264 e. The van der Waals surface area contributed by atoms with Gasteiger partial charge in [0.25, 0.3) is 0 Å². The number of alkyl halides is 1. The molecule has 0 amide bonds. The predicted octanol–water partition coefficient (Wildman–Crippen LogP) is 2.89. The van der Waals surface area contributed by atoms with E-state index in [4.69, 9.17) is 0 Å². The number of hydrogen-bond acceptors (Lipinski definition) is 1. The molecule has 2 heteroatoms. The molecule has 0 saturated carbocycles. The summed E-state index contributed by atoms with van der Waals surface area (Å²) in [5, 5.41) is 1.000. The van der Waals surface area contributed by atoms with Gasteiger partial charge in [-0.1, -0.05) is 22.9 Å². The molecule has 0 N–H and O–H groups in total. The average Bonchev–Trinajstić information content (AvgIpc) is 2.04. The minimum Gasteiger partial charge on any atom is -0.264 e. The van der Waals surface area contributed by atoms with E-state index < -0.39 is 0 Å². The lowest BCUT2D eigenvalue weighted by Gasteiger charge is -2.09. The third-order valence-electron chi connectivity index (χ3n) is 1.84. The highest BCUT2D eigenvalue weighted by atomic mass is 79.9. The van der Waals surface area contributed by atoms with Crippen molar-refractivity contribution in [1.82, 2.24) is 4.98 Å². The van der Waals surface area contributed by atoms with Gasteiger partial charge in [0.1, 0.15) is 0 Å². The van der Waals surface area contributed by atoms with Crippen molar-refractivity contribution < 1.29 is 0 Å². The van der Waals surface area contributed by atoms with Crippen molar-refractivity contribution in [1.29, 1.82) is 0 Å². The molecule has 1 unspecified atom stereocenters. The van der Waals surface area contributed by atoms with Gasteiger partial charge < -0.3 is 0 Å². The lowest BCUT2D eigenvalue weighted by Crippen LogP contribution is -1.97. The highest BCUT2D eigenvalue weighted by molar-refractivity contribution is 9.09. The minimum atomic E-state index is 0.559. The molecule has 11 heavy (non-hydrogen) atoms. The Kier molecular flexibility index (Phi) is 3.06. The molecule has 1 nitrogen and oxygen atoms in total. The van der Waals surface area contributed by atoms with E-state index in [9.17, 15) is 0 Å². The lowest BCUT2D eigenvalue weighted by molar-refractivity contribution is 0.867. The van der Waals surface area contributed by atoms with Gasteiger partial charge in [-0.2, -0.15) is 0 Å². The molecule has 0 aliphatic rings. The first kappa shape index (κ1) is 8.72. The Hall–Kier alpha value is -0.370. The summed E-state index contributed by atoms with van der Waals surface area (Å²) < 4.78 is 0. The monoisotopic (exact) mass is 213 g/mol. The van der Waals surface area contributed by atoms with Crippen molar-refractivity contribution >= 4 is 15.9 Å². The standard InChI is InChI=1S/C9H12BrN/c1-7-3-4-11-6-9(7)8(2)5-10/h3-4,6,8H,5H2,1-2H3. The molecule has 0 aromatic carbocycles. The third kappa shape index (κ3) is 2.03. The Morgan fingerprint density at radius 3 is 2.91 bits per heavy atom. The van der Waals surface area contributed by atoms with Crippen LogP contribution in [0.4, 0.5) is 0 Å². The van der Waals surface area contributed by atoms with Crippen LogP contribution >= 0.6 is 15.9 Å². The Morgan fingerprint density at radius 1 is 1.64 bits per heavy atom. The first-order valence-electron chi connectivity index (χ1n) is 3.72. The Labute approximate surface area is 76.0 Å². The van der Waals surface area contributed by atoms with Gasteiger partial charge in [-0.3, -0.25) is 4.98 Å². The molecule has 1 aromatic heterocycles. The van der Waals surface area contributed by atoms with E-state index >= 15 is 0 Å². The maximum atomic E-state index is 4.09. The average molecular weight is 214 g/mol. The third-order valence-corrected chi connectivity index (χ3v) is 2.81. The molecule has 0 bridgehead atoms. The summed E-state index contributed by atoms with van der Waals surface area (Å²) in [6.07, 6.45) is 3.78. The Balaban J connectivity index is 2.93. The van der Waals surface area contributed by atoms with Crippen LogP contribution in [0.25, 0.3) is 0 Å². The van der Waals surface area contributed by atoms with Gasteiger partial charge in [-0.25, -0.2) is 0 Å². The Bertz CT molecular complexity index is 235. The van der Waals surface area contributed by atoms with Gasteiger partial charge >= 0.3 is 0 Å². The van der Waals surface area contributed by atoms with Crippen molar-refractivity contribution in [3.8, 4) is 0 Å². The normalized spacial score (nSPS) is 13.0. The minimum absolute atomic E-state index is 0.559. The number of aryl methyl sites for hydroxylation is 1. The number of aromatic nitrogens is 1. The lowest BCUT2D eigenvalue weighted by atomic mass is 10.0. The van der Waals surface area contributed by atoms with E-state index in [-0.39, 0.29) is 0 Å². The molecule has 1 rings (SSSR count). The fraction of sp³-hybridized carbons (Fsp3) is 0.444. The smallest absolute Gasteiger partial charge is 0.0305 e. The SMILES string of the molecule is Cc1ccncc1C(C)CBr. The molecule has 0 aliphatic carbocycles. The quantitative estimate of drug-likeness (QED) is 0.689. The number of rotatable bonds is 2. The molecule has 1 atom stereocenters. The Morgan fingerprint density at radius 2 is 2.36 bits per heavy atom. The molecule has 0 saturated heterocycles. The zero-order valence-corrected chi connectivity index (χ0v) is 8.43. The van der Waals surface area contributed by atoms with Gasteiger partial charge in [-0.05, 0) is 30.0 Å². The second-order valence-corrected chi connectivity index (χ2v) is 3.44. The van der Waals surface area contributed by atoms with Gasteiger partial charge in [0, 0.05) is 17.7 Å². The van der Waals surface area contributed by atoms with E-state index in [1.54, 1.807) is 0 Å². The first-order valence-corrected chi connectivity index (χ1v) is 4.84. The van der Waals surface area contributed by atoms with E-state index in [1.165, 1.54) is 11.1 Å². The van der Waals surface area contributed by atoms with Crippen molar-refractivity contribution in [3.05, 3.63) is 29.6 Å². The predicted molar refractivity (Wildman–Crippen MR) is 51.2 cm³/mol. The van der Waals surface area contributed by atoms with E-state index in [0.717, 1.165) is 5.33 Å². The molecule has 0 fully saturated rings. The van der Waals surface area contributed by atoms with Crippen LogP contribution in [0.15, 0.2) is 18.5 Å². The summed E-state index contributed by atoms with van der Waals surface area (Å²) in [5.74, 6) is 0.559. The molecule has 0 spiro atoms. The first-order chi connectivity index (χ1) is 5.25. The molecule has 0 radical (unpaired) electrons. The van der Waals surface area contributed by atoms with Crippen molar-refractivity contribution in [3.63, 3.8) is 0 Å². The number of pyridine rings is 1. The zero-order valence-electron chi connectivity index (χ0n) is 6.84. The van der Waals surface area contributed by atoms with Gasteiger partial charge in [0.15, 0.2) is 0 Å². The maximum Gasteiger partial charge on any atom is 0.0305 e. The van der Waals surface area contributed by atoms with Crippen molar-refractivity contribution in [2.45, 2.75) is 19.8 Å². The fourth-order valence-corrected chi connectivity index (χ4v) is 1.42. The van der Waals surface area contributed by atoms with E-state index in [2.05, 4.69) is 40.8 Å². The summed E-state index contributed by atoms with van der Waals surface area (Å²) >= 11 is 3.46. The summed E-state index contributed by atoms with van der Waals surface area (Å²) in [7, 11) is 0. The van der Waals surface area contributed by atoms with Crippen LogP contribution in [0.1, 0.15) is 24.0 Å². The van der Waals surface area contributed by atoms with Crippen LogP contribution in [0.5, 0.6) is 0 Å². The molecular weight excluding hydrogens is 202 g/mol. The van der Waals surface area contributed by atoms with Crippen LogP contribution in [-0.2, 0) is 0 Å². The summed E-state index contributed by atoms with van der Waals surface area (Å²) in [6, 6.07) is 2.05. The fourth-order valence-electron chi connectivity index (χ4n) is 1.08. The summed E-state index contributed by atoms with van der Waals surface area (Å²) in [6.45, 7) is 4.31.